The number of ether oxygens (including phenoxy) is 3. The molecule has 0 spiro atoms. The maximum atomic E-state index is 12.8. The van der Waals surface area contributed by atoms with E-state index >= 15 is 0 Å². The van der Waals surface area contributed by atoms with Crippen molar-refractivity contribution in [1.29, 1.82) is 0 Å². The molecule has 0 unspecified atom stereocenters. The number of unbranched alkanes of at least 4 members (excludes halogenated alkanes) is 36. The summed E-state index contributed by atoms with van der Waals surface area (Å²) in [6.07, 6.45) is 71.1. The zero-order chi connectivity index (χ0) is 50.0. The highest BCUT2D eigenvalue weighted by Crippen LogP contribution is 2.17. The fourth-order valence-corrected chi connectivity index (χ4v) is 8.74. The Kier molecular flexibility index (Phi) is 55.7. The standard InChI is InChI=1S/C63H114O6/c1-4-7-10-13-16-19-22-25-28-29-30-31-32-33-36-38-41-44-47-50-53-56-62(65)68-59-60(69-63(66)57-54-51-48-45-42-39-35-27-24-21-18-15-12-9-6-3)58-67-61(64)55-52-49-46-43-40-37-34-26-23-20-17-14-11-8-5-2/h18,21,26-27,34-35,42,45,60H,4-17,19-20,22-25,28-33,36-41,43-44,46-59H2,1-3H3/b21-18-,34-26-,35-27-,45-42-/t60-/m1/s1. The van der Waals surface area contributed by atoms with Gasteiger partial charge in [-0.25, -0.2) is 0 Å². The van der Waals surface area contributed by atoms with Crippen molar-refractivity contribution in [2.24, 2.45) is 0 Å². The molecule has 0 aromatic heterocycles. The lowest BCUT2D eigenvalue weighted by atomic mass is 10.0. The van der Waals surface area contributed by atoms with Gasteiger partial charge >= 0.3 is 17.9 Å². The summed E-state index contributed by atoms with van der Waals surface area (Å²) in [4.78, 5) is 38.2. The molecule has 402 valence electrons. The Balaban J connectivity index is 4.35. The molecule has 0 bridgehead atoms. The molecule has 0 aromatic carbocycles. The monoisotopic (exact) mass is 967 g/mol. The second kappa shape index (κ2) is 57.9. The third-order valence-electron chi connectivity index (χ3n) is 13.3. The maximum Gasteiger partial charge on any atom is 0.306 e. The average Bonchev–Trinajstić information content (AvgIpc) is 3.35. The van der Waals surface area contributed by atoms with Crippen molar-refractivity contribution >= 4 is 17.9 Å². The first-order valence-electron chi connectivity index (χ1n) is 30.1. The normalized spacial score (nSPS) is 12.3. The minimum absolute atomic E-state index is 0.0879. The van der Waals surface area contributed by atoms with Crippen LogP contribution in [0.5, 0.6) is 0 Å². The Morgan fingerprint density at radius 3 is 0.884 bits per heavy atom. The number of hydrogen-bond acceptors (Lipinski definition) is 6. The number of carbonyl (C=O) groups excluding carboxylic acids is 3. The van der Waals surface area contributed by atoms with Crippen LogP contribution in [0.1, 0.15) is 316 Å². The number of allylic oxidation sites excluding steroid dienone is 8. The topological polar surface area (TPSA) is 78.9 Å². The summed E-state index contributed by atoms with van der Waals surface area (Å²) < 4.78 is 16.9. The Morgan fingerprint density at radius 1 is 0.290 bits per heavy atom. The molecule has 0 radical (unpaired) electrons. The van der Waals surface area contributed by atoms with E-state index in [1.807, 2.05) is 0 Å². The van der Waals surface area contributed by atoms with E-state index in [1.54, 1.807) is 0 Å². The lowest BCUT2D eigenvalue weighted by molar-refractivity contribution is -0.167. The van der Waals surface area contributed by atoms with Crippen molar-refractivity contribution in [1.82, 2.24) is 0 Å². The van der Waals surface area contributed by atoms with E-state index in [9.17, 15) is 14.4 Å². The number of rotatable bonds is 55. The molecule has 6 nitrogen and oxygen atoms in total. The summed E-state index contributed by atoms with van der Waals surface area (Å²) in [5.74, 6) is -0.919. The van der Waals surface area contributed by atoms with E-state index in [0.717, 1.165) is 70.6 Å². The molecule has 0 aliphatic carbocycles. The summed E-state index contributed by atoms with van der Waals surface area (Å²) >= 11 is 0. The summed E-state index contributed by atoms with van der Waals surface area (Å²) in [5, 5.41) is 0. The van der Waals surface area contributed by atoms with Crippen LogP contribution >= 0.6 is 0 Å². The Labute approximate surface area is 428 Å². The van der Waals surface area contributed by atoms with Crippen LogP contribution in [0, 0.1) is 0 Å². The highest BCUT2D eigenvalue weighted by molar-refractivity contribution is 5.71. The molecule has 0 fully saturated rings. The zero-order valence-electron chi connectivity index (χ0n) is 46.1. The van der Waals surface area contributed by atoms with Gasteiger partial charge in [0.2, 0.25) is 0 Å². The third-order valence-corrected chi connectivity index (χ3v) is 13.3. The molecule has 1 atom stereocenters. The second-order valence-corrected chi connectivity index (χ2v) is 20.3. The molecule has 0 saturated carbocycles. The lowest BCUT2D eigenvalue weighted by Gasteiger charge is -2.18. The van der Waals surface area contributed by atoms with Crippen molar-refractivity contribution < 1.29 is 28.6 Å². The molecule has 0 aromatic rings. The molecule has 0 saturated heterocycles. The van der Waals surface area contributed by atoms with E-state index in [4.69, 9.17) is 14.2 Å². The van der Waals surface area contributed by atoms with E-state index in [1.165, 1.54) is 199 Å². The van der Waals surface area contributed by atoms with Crippen LogP contribution in [0.25, 0.3) is 0 Å². The van der Waals surface area contributed by atoms with Gasteiger partial charge in [0, 0.05) is 19.3 Å². The molecule has 6 heteroatoms. The van der Waals surface area contributed by atoms with Gasteiger partial charge in [-0.1, -0.05) is 262 Å². The van der Waals surface area contributed by atoms with Gasteiger partial charge < -0.3 is 14.2 Å². The van der Waals surface area contributed by atoms with E-state index in [2.05, 4.69) is 69.4 Å². The summed E-state index contributed by atoms with van der Waals surface area (Å²) in [6, 6.07) is 0. The minimum atomic E-state index is -0.794. The van der Waals surface area contributed by atoms with Crippen LogP contribution in [-0.4, -0.2) is 37.2 Å². The van der Waals surface area contributed by atoms with Gasteiger partial charge in [0.05, 0.1) is 0 Å². The first-order valence-corrected chi connectivity index (χ1v) is 30.1. The van der Waals surface area contributed by atoms with Gasteiger partial charge in [-0.15, -0.1) is 0 Å². The molecule has 69 heavy (non-hydrogen) atoms. The fraction of sp³-hybridized carbons (Fsp3) is 0.825. The molecule has 0 N–H and O–H groups in total. The summed E-state index contributed by atoms with van der Waals surface area (Å²) in [7, 11) is 0. The summed E-state index contributed by atoms with van der Waals surface area (Å²) in [5.41, 5.74) is 0. The number of hydrogen-bond donors (Lipinski definition) is 0. The van der Waals surface area contributed by atoms with Gasteiger partial charge in [-0.3, -0.25) is 14.4 Å². The quantitative estimate of drug-likeness (QED) is 0.0262. The molecular weight excluding hydrogens is 853 g/mol. The zero-order valence-corrected chi connectivity index (χ0v) is 46.1. The van der Waals surface area contributed by atoms with Gasteiger partial charge in [0.25, 0.3) is 0 Å². The van der Waals surface area contributed by atoms with Gasteiger partial charge in [-0.2, -0.15) is 0 Å². The van der Waals surface area contributed by atoms with Crippen LogP contribution in [0.2, 0.25) is 0 Å². The molecule has 0 heterocycles. The van der Waals surface area contributed by atoms with Crippen molar-refractivity contribution in [2.75, 3.05) is 13.2 Å². The van der Waals surface area contributed by atoms with E-state index in [-0.39, 0.29) is 37.5 Å². The molecule has 0 aliphatic rings. The van der Waals surface area contributed by atoms with Crippen molar-refractivity contribution in [2.45, 2.75) is 322 Å². The smallest absolute Gasteiger partial charge is 0.306 e. The Hall–Kier alpha value is -2.63. The Morgan fingerprint density at radius 2 is 0.522 bits per heavy atom. The Bertz CT molecular complexity index is 1200. The highest BCUT2D eigenvalue weighted by Gasteiger charge is 2.19. The largest absolute Gasteiger partial charge is 0.462 e. The van der Waals surface area contributed by atoms with Gasteiger partial charge in [0.1, 0.15) is 13.2 Å². The number of carbonyl (C=O) groups is 3. The average molecular weight is 968 g/mol. The van der Waals surface area contributed by atoms with Gasteiger partial charge in [0.15, 0.2) is 6.10 Å². The predicted molar refractivity (Wildman–Crippen MR) is 298 cm³/mol. The van der Waals surface area contributed by atoms with Crippen LogP contribution in [0.4, 0.5) is 0 Å². The predicted octanol–water partition coefficient (Wildman–Crippen LogP) is 20.2. The van der Waals surface area contributed by atoms with Crippen LogP contribution in [0.15, 0.2) is 48.6 Å². The van der Waals surface area contributed by atoms with E-state index in [0.29, 0.717) is 19.3 Å². The third kappa shape index (κ3) is 56.2. The molecule has 0 amide bonds. The lowest BCUT2D eigenvalue weighted by Crippen LogP contribution is -2.30. The van der Waals surface area contributed by atoms with E-state index < -0.39 is 6.10 Å². The first kappa shape index (κ1) is 66.4. The second-order valence-electron chi connectivity index (χ2n) is 20.3. The highest BCUT2D eigenvalue weighted by atomic mass is 16.6. The first-order chi connectivity index (χ1) is 34.0. The van der Waals surface area contributed by atoms with Crippen LogP contribution < -0.4 is 0 Å². The van der Waals surface area contributed by atoms with Crippen LogP contribution in [0.3, 0.4) is 0 Å². The van der Waals surface area contributed by atoms with Crippen LogP contribution in [-0.2, 0) is 28.6 Å². The van der Waals surface area contributed by atoms with Crippen molar-refractivity contribution in [3.63, 3.8) is 0 Å². The van der Waals surface area contributed by atoms with Crippen molar-refractivity contribution in [3.05, 3.63) is 48.6 Å². The van der Waals surface area contributed by atoms with Gasteiger partial charge in [-0.05, 0) is 83.5 Å². The molecular formula is C63H114O6. The molecule has 0 rings (SSSR count). The number of esters is 3. The molecule has 0 aliphatic heterocycles. The minimum Gasteiger partial charge on any atom is -0.462 e. The maximum absolute atomic E-state index is 12.8. The SMILES string of the molecule is CCCCC/C=C\C/C=C\C/C=C\CCCCC(=O)O[C@H](COC(=O)CCCCCCC/C=C\CCCCCCCC)COC(=O)CCCCCCCCCCCCCCCCCCCCCCC. The van der Waals surface area contributed by atoms with Crippen molar-refractivity contribution in [3.8, 4) is 0 Å². The summed E-state index contributed by atoms with van der Waals surface area (Å²) in [6.45, 7) is 6.61. The fourth-order valence-electron chi connectivity index (χ4n) is 8.74.